The normalized spacial score (nSPS) is 19.2. The topological polar surface area (TPSA) is 62.0 Å². The summed E-state index contributed by atoms with van der Waals surface area (Å²) in [6.07, 6.45) is 0.795. The maximum Gasteiger partial charge on any atom is 0.187 e. The van der Waals surface area contributed by atoms with Gasteiger partial charge >= 0.3 is 0 Å². The molecule has 0 spiro atoms. The van der Waals surface area contributed by atoms with Gasteiger partial charge in [-0.15, -0.1) is 5.11 Å². The average Bonchev–Trinajstić information content (AvgIpc) is 2.26. The number of carbonyl (C=O) groups excluding carboxylic acids is 1. The maximum absolute atomic E-state index is 11.9. The molecule has 0 atom stereocenters. The third-order valence-electron chi connectivity index (χ3n) is 2.90. The van der Waals surface area contributed by atoms with Crippen molar-refractivity contribution in [3.63, 3.8) is 0 Å². The summed E-state index contributed by atoms with van der Waals surface area (Å²) in [7, 11) is 0. The van der Waals surface area contributed by atoms with E-state index in [0.717, 1.165) is 0 Å². The molecule has 0 saturated heterocycles. The summed E-state index contributed by atoms with van der Waals surface area (Å²) in [6, 6.07) is 6.84. The van der Waals surface area contributed by atoms with Crippen LogP contribution in [0, 0.1) is 5.41 Å². The quantitative estimate of drug-likeness (QED) is 0.805. The van der Waals surface area contributed by atoms with E-state index in [2.05, 4.69) is 10.2 Å². The van der Waals surface area contributed by atoms with Gasteiger partial charge in [0.2, 0.25) is 0 Å². The van der Waals surface area contributed by atoms with Crippen molar-refractivity contribution >= 4 is 23.1 Å². The van der Waals surface area contributed by atoms with Gasteiger partial charge in [0.15, 0.2) is 11.5 Å². The SMILES string of the molecule is CC1(C)CC(=O)C(N=Nc2cccc(Cl)c2)=C(O)C1. The van der Waals surface area contributed by atoms with Crippen LogP contribution in [0.3, 0.4) is 0 Å². The molecule has 2 rings (SSSR count). The Morgan fingerprint density at radius 1 is 1.26 bits per heavy atom. The van der Waals surface area contributed by atoms with Gasteiger partial charge in [-0.3, -0.25) is 4.79 Å². The van der Waals surface area contributed by atoms with Crippen molar-refractivity contribution in [2.45, 2.75) is 26.7 Å². The monoisotopic (exact) mass is 278 g/mol. The summed E-state index contributed by atoms with van der Waals surface area (Å²) < 4.78 is 0. The molecule has 1 aliphatic rings. The molecule has 5 heteroatoms. The molecule has 1 N–H and O–H groups in total. The number of azo groups is 1. The predicted molar refractivity (Wildman–Crippen MR) is 73.6 cm³/mol. The summed E-state index contributed by atoms with van der Waals surface area (Å²) in [5, 5.41) is 18.2. The highest BCUT2D eigenvalue weighted by Crippen LogP contribution is 2.36. The van der Waals surface area contributed by atoms with Crippen molar-refractivity contribution in [1.29, 1.82) is 0 Å². The predicted octanol–water partition coefficient (Wildman–Crippen LogP) is 4.58. The van der Waals surface area contributed by atoms with E-state index in [1.807, 2.05) is 13.8 Å². The Morgan fingerprint density at radius 2 is 2.00 bits per heavy atom. The van der Waals surface area contributed by atoms with Gasteiger partial charge in [0, 0.05) is 17.9 Å². The van der Waals surface area contributed by atoms with Crippen molar-refractivity contribution in [2.24, 2.45) is 15.6 Å². The zero-order chi connectivity index (χ0) is 14.0. The van der Waals surface area contributed by atoms with Crippen LogP contribution in [0.2, 0.25) is 5.02 Å². The molecule has 0 aromatic heterocycles. The van der Waals surface area contributed by atoms with Crippen molar-refractivity contribution < 1.29 is 9.90 Å². The second-order valence-electron chi connectivity index (χ2n) is 5.42. The van der Waals surface area contributed by atoms with Crippen LogP contribution in [0.5, 0.6) is 0 Å². The van der Waals surface area contributed by atoms with Gasteiger partial charge in [0.1, 0.15) is 5.76 Å². The molecule has 100 valence electrons. The Labute approximate surface area is 116 Å². The smallest absolute Gasteiger partial charge is 0.187 e. The van der Waals surface area contributed by atoms with E-state index < -0.39 is 0 Å². The summed E-state index contributed by atoms with van der Waals surface area (Å²) in [4.78, 5) is 11.9. The molecule has 0 unspecified atom stereocenters. The largest absolute Gasteiger partial charge is 0.510 e. The molecule has 0 radical (unpaired) electrons. The van der Waals surface area contributed by atoms with Crippen LogP contribution in [-0.4, -0.2) is 10.9 Å². The van der Waals surface area contributed by atoms with Crippen molar-refractivity contribution in [2.75, 3.05) is 0 Å². The van der Waals surface area contributed by atoms with Crippen molar-refractivity contribution in [1.82, 2.24) is 0 Å². The highest BCUT2D eigenvalue weighted by atomic mass is 35.5. The first-order valence-corrected chi connectivity index (χ1v) is 6.38. The number of carbonyl (C=O) groups is 1. The lowest BCUT2D eigenvalue weighted by Gasteiger charge is -2.27. The number of benzene rings is 1. The number of ketones is 1. The van der Waals surface area contributed by atoms with E-state index in [-0.39, 0.29) is 22.7 Å². The van der Waals surface area contributed by atoms with Crippen molar-refractivity contribution in [3.05, 3.63) is 40.7 Å². The molecule has 0 aliphatic heterocycles. The first-order chi connectivity index (χ1) is 8.87. The van der Waals surface area contributed by atoms with E-state index in [1.165, 1.54) is 0 Å². The number of halogens is 1. The Kier molecular flexibility index (Phi) is 3.71. The summed E-state index contributed by atoms with van der Waals surface area (Å²) in [5.74, 6) is -0.174. The van der Waals surface area contributed by atoms with Crippen LogP contribution in [-0.2, 0) is 4.79 Å². The zero-order valence-electron chi connectivity index (χ0n) is 10.9. The molecule has 0 saturated carbocycles. The maximum atomic E-state index is 11.9. The Morgan fingerprint density at radius 3 is 2.63 bits per heavy atom. The Bertz CT molecular complexity index is 577. The summed E-state index contributed by atoms with van der Waals surface area (Å²) in [5.41, 5.74) is 0.376. The summed E-state index contributed by atoms with van der Waals surface area (Å²) >= 11 is 5.83. The highest BCUT2D eigenvalue weighted by Gasteiger charge is 2.33. The highest BCUT2D eigenvalue weighted by molar-refractivity contribution is 6.30. The lowest BCUT2D eigenvalue weighted by atomic mass is 9.78. The minimum atomic E-state index is -0.226. The van der Waals surface area contributed by atoms with E-state index in [9.17, 15) is 9.90 Å². The number of nitrogens with zero attached hydrogens (tertiary/aromatic N) is 2. The number of hydrogen-bond acceptors (Lipinski definition) is 4. The molecule has 0 bridgehead atoms. The molecular formula is C14H15ClN2O2. The zero-order valence-corrected chi connectivity index (χ0v) is 11.6. The number of Topliss-reactive ketones (excluding diaryl/α,β-unsaturated/α-hetero) is 1. The molecule has 0 fully saturated rings. The third-order valence-corrected chi connectivity index (χ3v) is 3.13. The third kappa shape index (κ3) is 3.41. The minimum absolute atomic E-state index is 0.00651. The molecule has 1 aliphatic carbocycles. The lowest BCUT2D eigenvalue weighted by molar-refractivity contribution is -0.118. The standard InChI is InChI=1S/C14H15ClN2O2/c1-14(2)7-11(18)13(12(19)8-14)17-16-10-5-3-4-9(15)6-10/h3-6,18H,7-8H2,1-2H3. The van der Waals surface area contributed by atoms with Crippen molar-refractivity contribution in [3.8, 4) is 0 Å². The van der Waals surface area contributed by atoms with E-state index >= 15 is 0 Å². The van der Waals surface area contributed by atoms with Crippen LogP contribution in [0.15, 0.2) is 46.0 Å². The number of hydrogen-bond donors (Lipinski definition) is 1. The van der Waals surface area contributed by atoms with Crippen LogP contribution in [0.4, 0.5) is 5.69 Å². The average molecular weight is 279 g/mol. The molecule has 4 nitrogen and oxygen atoms in total. The van der Waals surface area contributed by atoms with Gasteiger partial charge in [-0.25, -0.2) is 0 Å². The van der Waals surface area contributed by atoms with Gasteiger partial charge in [0.25, 0.3) is 0 Å². The van der Waals surface area contributed by atoms with Gasteiger partial charge in [0.05, 0.1) is 5.69 Å². The Hall–Kier alpha value is -1.68. The molecule has 1 aromatic rings. The number of rotatable bonds is 2. The minimum Gasteiger partial charge on any atom is -0.510 e. The molecule has 19 heavy (non-hydrogen) atoms. The molecule has 1 aromatic carbocycles. The summed E-state index contributed by atoms with van der Waals surface area (Å²) in [6.45, 7) is 3.87. The second-order valence-corrected chi connectivity index (χ2v) is 5.85. The molecule has 0 amide bonds. The fourth-order valence-corrected chi connectivity index (χ4v) is 2.22. The molecule has 0 heterocycles. The number of aliphatic hydroxyl groups excluding tert-OH is 1. The van der Waals surface area contributed by atoms with Crippen LogP contribution in [0.25, 0.3) is 0 Å². The number of aliphatic hydroxyl groups is 1. The van der Waals surface area contributed by atoms with E-state index in [0.29, 0.717) is 23.6 Å². The van der Waals surface area contributed by atoms with Gasteiger partial charge in [-0.1, -0.05) is 31.5 Å². The van der Waals surface area contributed by atoms with E-state index in [4.69, 9.17) is 11.6 Å². The van der Waals surface area contributed by atoms with Crippen LogP contribution >= 0.6 is 11.6 Å². The first kappa shape index (κ1) is 13.7. The fourth-order valence-electron chi connectivity index (χ4n) is 2.04. The van der Waals surface area contributed by atoms with Crippen LogP contribution < -0.4 is 0 Å². The number of allylic oxidation sites excluding steroid dienone is 2. The first-order valence-electron chi connectivity index (χ1n) is 6.00. The fraction of sp³-hybridized carbons (Fsp3) is 0.357. The lowest BCUT2D eigenvalue weighted by Crippen LogP contribution is -2.25. The van der Waals surface area contributed by atoms with Crippen LogP contribution in [0.1, 0.15) is 26.7 Å². The van der Waals surface area contributed by atoms with Gasteiger partial charge in [-0.2, -0.15) is 5.11 Å². The van der Waals surface area contributed by atoms with Gasteiger partial charge < -0.3 is 5.11 Å². The second kappa shape index (κ2) is 5.13. The Balaban J connectivity index is 2.25. The van der Waals surface area contributed by atoms with Gasteiger partial charge in [-0.05, 0) is 23.6 Å². The molecular weight excluding hydrogens is 264 g/mol. The van der Waals surface area contributed by atoms with E-state index in [1.54, 1.807) is 24.3 Å².